The minimum Gasteiger partial charge on any atom is -0.373 e. The Morgan fingerprint density at radius 3 is 2.39 bits per heavy atom. The normalized spacial score (nSPS) is 27.4. The predicted molar refractivity (Wildman–Crippen MR) is 121 cm³/mol. The molecular weight excluding hydrogens is 392 g/mol. The van der Waals surface area contributed by atoms with Crippen LogP contribution in [0.25, 0.3) is 0 Å². The minimum atomic E-state index is -0.228. The number of rotatable bonds is 4. The molecule has 3 saturated heterocycles. The van der Waals surface area contributed by atoms with Gasteiger partial charge in [0.15, 0.2) is 5.96 Å². The van der Waals surface area contributed by atoms with Crippen molar-refractivity contribution in [3.05, 3.63) is 35.4 Å². The molecule has 3 aliphatic rings. The standard InChI is InChI=1S/C24H36N4O3/c1-18-7-9-19(10-8-18)22-20(5-3-16-31-22)17-26-24(25-2)28-13-11-27(12-14-28)23(29)21-6-4-15-30-21/h7-10,20-22H,3-6,11-17H2,1-2H3,(H,25,26). The summed E-state index contributed by atoms with van der Waals surface area (Å²) in [4.78, 5) is 21.3. The minimum absolute atomic E-state index is 0.126. The van der Waals surface area contributed by atoms with Gasteiger partial charge < -0.3 is 24.6 Å². The molecule has 0 bridgehead atoms. The zero-order valence-corrected chi connectivity index (χ0v) is 18.9. The summed E-state index contributed by atoms with van der Waals surface area (Å²) in [5, 5.41) is 3.59. The highest BCUT2D eigenvalue weighted by atomic mass is 16.5. The van der Waals surface area contributed by atoms with Crippen LogP contribution in [-0.2, 0) is 14.3 Å². The molecule has 31 heavy (non-hydrogen) atoms. The lowest BCUT2D eigenvalue weighted by Gasteiger charge is -2.38. The number of guanidine groups is 1. The van der Waals surface area contributed by atoms with E-state index in [1.165, 1.54) is 11.1 Å². The van der Waals surface area contributed by atoms with Gasteiger partial charge in [-0.25, -0.2) is 0 Å². The number of aryl methyl sites for hydroxylation is 1. The van der Waals surface area contributed by atoms with Crippen LogP contribution in [0.5, 0.6) is 0 Å². The number of nitrogens with one attached hydrogen (secondary N) is 1. The van der Waals surface area contributed by atoms with Crippen molar-refractivity contribution in [1.82, 2.24) is 15.1 Å². The molecule has 1 amide bonds. The highest BCUT2D eigenvalue weighted by Crippen LogP contribution is 2.33. The van der Waals surface area contributed by atoms with Gasteiger partial charge in [0.05, 0.1) is 6.10 Å². The van der Waals surface area contributed by atoms with Gasteiger partial charge in [-0.15, -0.1) is 0 Å². The Kier molecular flexibility index (Phi) is 7.45. The Balaban J connectivity index is 1.29. The van der Waals surface area contributed by atoms with E-state index in [9.17, 15) is 4.79 Å². The number of carbonyl (C=O) groups excluding carboxylic acids is 1. The maximum absolute atomic E-state index is 12.6. The van der Waals surface area contributed by atoms with Gasteiger partial charge in [0.25, 0.3) is 5.91 Å². The molecule has 1 aromatic rings. The van der Waals surface area contributed by atoms with Gasteiger partial charge in [0.1, 0.15) is 6.10 Å². The Morgan fingerprint density at radius 1 is 1.03 bits per heavy atom. The number of hydrogen-bond acceptors (Lipinski definition) is 4. The Hall–Kier alpha value is -2.12. The third kappa shape index (κ3) is 5.39. The molecule has 4 rings (SSSR count). The van der Waals surface area contributed by atoms with Gasteiger partial charge in [-0.3, -0.25) is 9.79 Å². The molecule has 1 N–H and O–H groups in total. The maximum Gasteiger partial charge on any atom is 0.251 e. The second kappa shape index (κ2) is 10.5. The molecule has 0 radical (unpaired) electrons. The van der Waals surface area contributed by atoms with Crippen LogP contribution in [-0.4, -0.2) is 80.8 Å². The first kappa shape index (κ1) is 22.1. The highest BCUT2D eigenvalue weighted by Gasteiger charge is 2.32. The summed E-state index contributed by atoms with van der Waals surface area (Å²) in [5.74, 6) is 1.48. The number of carbonyl (C=O) groups is 1. The van der Waals surface area contributed by atoms with Crippen molar-refractivity contribution >= 4 is 11.9 Å². The fourth-order valence-corrected chi connectivity index (χ4v) is 4.85. The summed E-state index contributed by atoms with van der Waals surface area (Å²) in [6.45, 7) is 7.51. The number of nitrogens with zero attached hydrogens (tertiary/aromatic N) is 3. The van der Waals surface area contributed by atoms with Gasteiger partial charge in [0, 0.05) is 58.9 Å². The average Bonchev–Trinajstić information content (AvgIpc) is 3.35. The molecule has 3 aliphatic heterocycles. The van der Waals surface area contributed by atoms with Crippen molar-refractivity contribution in [2.75, 3.05) is 53.0 Å². The Morgan fingerprint density at radius 2 is 1.71 bits per heavy atom. The van der Waals surface area contributed by atoms with E-state index < -0.39 is 0 Å². The van der Waals surface area contributed by atoms with Crippen molar-refractivity contribution in [3.8, 4) is 0 Å². The fraction of sp³-hybridized carbons (Fsp3) is 0.667. The topological polar surface area (TPSA) is 66.4 Å². The summed E-state index contributed by atoms with van der Waals surface area (Å²) >= 11 is 0. The van der Waals surface area contributed by atoms with Crippen LogP contribution < -0.4 is 5.32 Å². The van der Waals surface area contributed by atoms with E-state index in [0.717, 1.165) is 71.0 Å². The highest BCUT2D eigenvalue weighted by molar-refractivity contribution is 5.82. The maximum atomic E-state index is 12.6. The average molecular weight is 429 g/mol. The SMILES string of the molecule is CN=C(NCC1CCCOC1c1ccc(C)cc1)N1CCN(C(=O)C2CCCO2)CC1. The van der Waals surface area contributed by atoms with E-state index in [4.69, 9.17) is 9.47 Å². The van der Waals surface area contributed by atoms with Gasteiger partial charge >= 0.3 is 0 Å². The largest absolute Gasteiger partial charge is 0.373 e. The Bertz CT molecular complexity index is 753. The quantitative estimate of drug-likeness (QED) is 0.589. The van der Waals surface area contributed by atoms with Crippen LogP contribution in [0.1, 0.15) is 42.9 Å². The van der Waals surface area contributed by atoms with Gasteiger partial charge in [0.2, 0.25) is 0 Å². The lowest BCUT2D eigenvalue weighted by atomic mass is 9.89. The monoisotopic (exact) mass is 428 g/mol. The van der Waals surface area contributed by atoms with Gasteiger partial charge in [-0.2, -0.15) is 0 Å². The van der Waals surface area contributed by atoms with E-state index in [2.05, 4.69) is 46.4 Å². The number of aliphatic imine (C=N–C) groups is 1. The summed E-state index contributed by atoms with van der Waals surface area (Å²) in [7, 11) is 1.83. The number of piperazine rings is 1. The van der Waals surface area contributed by atoms with Crippen LogP contribution in [0.2, 0.25) is 0 Å². The van der Waals surface area contributed by atoms with E-state index in [-0.39, 0.29) is 18.1 Å². The summed E-state index contributed by atoms with van der Waals surface area (Å²) < 4.78 is 11.7. The van der Waals surface area contributed by atoms with Gasteiger partial charge in [-0.05, 0) is 38.2 Å². The molecule has 3 heterocycles. The molecule has 3 unspecified atom stereocenters. The third-order valence-corrected chi connectivity index (χ3v) is 6.68. The third-order valence-electron chi connectivity index (χ3n) is 6.68. The molecule has 0 spiro atoms. The molecule has 7 nitrogen and oxygen atoms in total. The van der Waals surface area contributed by atoms with Crippen molar-refractivity contribution in [2.24, 2.45) is 10.9 Å². The van der Waals surface area contributed by atoms with Crippen molar-refractivity contribution in [3.63, 3.8) is 0 Å². The van der Waals surface area contributed by atoms with E-state index in [1.54, 1.807) is 0 Å². The van der Waals surface area contributed by atoms with Crippen molar-refractivity contribution in [1.29, 1.82) is 0 Å². The molecule has 170 valence electrons. The van der Waals surface area contributed by atoms with Crippen LogP contribution >= 0.6 is 0 Å². The zero-order valence-electron chi connectivity index (χ0n) is 18.9. The van der Waals surface area contributed by atoms with Crippen LogP contribution in [0, 0.1) is 12.8 Å². The zero-order chi connectivity index (χ0) is 21.6. The second-order valence-electron chi connectivity index (χ2n) is 8.85. The first-order chi connectivity index (χ1) is 15.2. The van der Waals surface area contributed by atoms with E-state index in [1.807, 2.05) is 11.9 Å². The summed E-state index contributed by atoms with van der Waals surface area (Å²) in [5.41, 5.74) is 2.53. The number of ether oxygens (including phenoxy) is 2. The van der Waals surface area contributed by atoms with Crippen LogP contribution in [0.3, 0.4) is 0 Å². The van der Waals surface area contributed by atoms with Crippen LogP contribution in [0.15, 0.2) is 29.3 Å². The first-order valence-electron chi connectivity index (χ1n) is 11.7. The Labute approximate surface area is 185 Å². The van der Waals surface area contributed by atoms with Crippen molar-refractivity contribution in [2.45, 2.75) is 44.8 Å². The molecule has 0 aliphatic carbocycles. The molecule has 3 atom stereocenters. The molecule has 0 saturated carbocycles. The van der Waals surface area contributed by atoms with Crippen LogP contribution in [0.4, 0.5) is 0 Å². The molecule has 1 aromatic carbocycles. The molecule has 7 heteroatoms. The second-order valence-corrected chi connectivity index (χ2v) is 8.85. The van der Waals surface area contributed by atoms with Gasteiger partial charge in [-0.1, -0.05) is 29.8 Å². The number of benzene rings is 1. The first-order valence-corrected chi connectivity index (χ1v) is 11.7. The number of hydrogen-bond donors (Lipinski definition) is 1. The van der Waals surface area contributed by atoms with E-state index >= 15 is 0 Å². The molecule has 0 aromatic heterocycles. The predicted octanol–water partition coefficient (Wildman–Crippen LogP) is 2.36. The lowest BCUT2D eigenvalue weighted by molar-refractivity contribution is -0.142. The summed E-state index contributed by atoms with van der Waals surface area (Å²) in [6, 6.07) is 8.71. The lowest BCUT2D eigenvalue weighted by Crippen LogP contribution is -2.55. The fourth-order valence-electron chi connectivity index (χ4n) is 4.85. The summed E-state index contributed by atoms with van der Waals surface area (Å²) in [6.07, 6.45) is 3.98. The molecule has 3 fully saturated rings. The smallest absolute Gasteiger partial charge is 0.251 e. The molecular formula is C24H36N4O3. The number of amides is 1. The van der Waals surface area contributed by atoms with Crippen molar-refractivity contribution < 1.29 is 14.3 Å². The van der Waals surface area contributed by atoms with E-state index in [0.29, 0.717) is 12.5 Å².